The number of amides is 1. The van der Waals surface area contributed by atoms with E-state index in [1.165, 1.54) is 5.56 Å². The molecule has 0 radical (unpaired) electrons. The van der Waals surface area contributed by atoms with Gasteiger partial charge in [-0.05, 0) is 35.1 Å². The molecule has 0 spiro atoms. The van der Waals surface area contributed by atoms with Crippen molar-refractivity contribution in [3.8, 4) is 11.4 Å². The maximum Gasteiger partial charge on any atom is 0.246 e. The van der Waals surface area contributed by atoms with Crippen molar-refractivity contribution in [3.63, 3.8) is 0 Å². The average Bonchev–Trinajstić information content (AvgIpc) is 3.13. The molecule has 1 amide bonds. The minimum Gasteiger partial charge on any atom is -0.347 e. The van der Waals surface area contributed by atoms with Crippen LogP contribution >= 0.6 is 15.9 Å². The van der Waals surface area contributed by atoms with Crippen molar-refractivity contribution in [1.29, 1.82) is 0 Å². The predicted octanol–water partition coefficient (Wildman–Crippen LogP) is 5.05. The van der Waals surface area contributed by atoms with Gasteiger partial charge in [0.05, 0.1) is 6.54 Å². The van der Waals surface area contributed by atoms with Crippen molar-refractivity contribution in [3.05, 3.63) is 70.0 Å². The van der Waals surface area contributed by atoms with E-state index in [9.17, 15) is 4.79 Å². The molecule has 0 bridgehead atoms. The number of halogens is 1. The summed E-state index contributed by atoms with van der Waals surface area (Å²) < 4.78 is 6.17. The Kier molecular flexibility index (Phi) is 6.29. The number of carbonyl (C=O) groups is 1. The van der Waals surface area contributed by atoms with Crippen molar-refractivity contribution in [1.82, 2.24) is 15.5 Å². The fraction of sp³-hybridized carbons (Fsp3) is 0.318. The van der Waals surface area contributed by atoms with Gasteiger partial charge in [0.1, 0.15) is 0 Å². The molecule has 28 heavy (non-hydrogen) atoms. The fourth-order valence-electron chi connectivity index (χ4n) is 2.76. The van der Waals surface area contributed by atoms with Crippen LogP contribution in [0.4, 0.5) is 0 Å². The van der Waals surface area contributed by atoms with Crippen LogP contribution in [0, 0.1) is 0 Å². The molecule has 1 aromatic heterocycles. The van der Waals surface area contributed by atoms with Crippen LogP contribution in [0.5, 0.6) is 0 Å². The molecule has 0 atom stereocenters. The Labute approximate surface area is 173 Å². The van der Waals surface area contributed by atoms with Gasteiger partial charge in [-0.15, -0.1) is 0 Å². The number of nitrogens with zero attached hydrogens (tertiary/aromatic N) is 2. The fourth-order valence-corrected chi connectivity index (χ4v) is 3.16. The number of benzene rings is 2. The molecule has 0 saturated heterocycles. The normalized spacial score (nSPS) is 11.4. The highest BCUT2D eigenvalue weighted by atomic mass is 79.9. The number of hydrogen-bond acceptors (Lipinski definition) is 4. The lowest BCUT2D eigenvalue weighted by Crippen LogP contribution is -2.23. The second-order valence-corrected chi connectivity index (χ2v) is 8.66. The molecule has 5 nitrogen and oxygen atoms in total. The number of rotatable bonds is 6. The number of aromatic nitrogens is 2. The molecule has 3 rings (SSSR count). The van der Waals surface area contributed by atoms with Gasteiger partial charge in [-0.25, -0.2) is 0 Å². The lowest BCUT2D eigenvalue weighted by Gasteiger charge is -2.19. The largest absolute Gasteiger partial charge is 0.347 e. The Balaban J connectivity index is 1.48. The molecule has 0 aliphatic carbocycles. The monoisotopic (exact) mass is 441 g/mol. The van der Waals surface area contributed by atoms with E-state index in [4.69, 9.17) is 4.52 Å². The summed E-state index contributed by atoms with van der Waals surface area (Å²) in [5, 5.41) is 6.81. The van der Waals surface area contributed by atoms with Crippen LogP contribution in [-0.2, 0) is 23.2 Å². The molecule has 1 N–H and O–H groups in total. The highest BCUT2D eigenvalue weighted by molar-refractivity contribution is 9.10. The van der Waals surface area contributed by atoms with E-state index in [1.54, 1.807) is 0 Å². The third-order valence-electron chi connectivity index (χ3n) is 4.45. The van der Waals surface area contributed by atoms with Crippen LogP contribution in [0.3, 0.4) is 0 Å². The summed E-state index contributed by atoms with van der Waals surface area (Å²) in [6.07, 6.45) is 1.12. The van der Waals surface area contributed by atoms with Gasteiger partial charge in [-0.2, -0.15) is 4.98 Å². The van der Waals surface area contributed by atoms with E-state index < -0.39 is 0 Å². The predicted molar refractivity (Wildman–Crippen MR) is 113 cm³/mol. The third kappa shape index (κ3) is 5.52. The van der Waals surface area contributed by atoms with Gasteiger partial charge in [0, 0.05) is 16.5 Å². The van der Waals surface area contributed by atoms with Crippen LogP contribution in [0.15, 0.2) is 57.5 Å². The van der Waals surface area contributed by atoms with Gasteiger partial charge >= 0.3 is 0 Å². The molecule has 0 aliphatic rings. The molecule has 146 valence electrons. The zero-order valence-electron chi connectivity index (χ0n) is 16.3. The van der Waals surface area contributed by atoms with E-state index in [0.29, 0.717) is 24.6 Å². The van der Waals surface area contributed by atoms with Crippen molar-refractivity contribution in [2.24, 2.45) is 0 Å². The summed E-state index contributed by atoms with van der Waals surface area (Å²) in [6, 6.07) is 16.1. The first-order valence-corrected chi connectivity index (χ1v) is 10.1. The Morgan fingerprint density at radius 2 is 1.89 bits per heavy atom. The molecule has 0 fully saturated rings. The van der Waals surface area contributed by atoms with Crippen molar-refractivity contribution < 1.29 is 9.32 Å². The van der Waals surface area contributed by atoms with Gasteiger partial charge in [0.2, 0.25) is 17.6 Å². The zero-order chi connectivity index (χ0) is 20.1. The molecule has 0 unspecified atom stereocenters. The first-order chi connectivity index (χ1) is 13.3. The average molecular weight is 442 g/mol. The quantitative estimate of drug-likeness (QED) is 0.581. The summed E-state index contributed by atoms with van der Waals surface area (Å²) in [5.41, 5.74) is 3.43. The lowest BCUT2D eigenvalue weighted by atomic mass is 9.86. The van der Waals surface area contributed by atoms with E-state index in [1.807, 2.05) is 24.3 Å². The second kappa shape index (κ2) is 8.69. The van der Waals surface area contributed by atoms with Crippen LogP contribution < -0.4 is 5.32 Å². The molecule has 2 aromatic carbocycles. The summed E-state index contributed by atoms with van der Waals surface area (Å²) in [4.78, 5) is 16.5. The molecular weight excluding hydrogens is 418 g/mol. The van der Waals surface area contributed by atoms with E-state index in [-0.39, 0.29) is 17.9 Å². The van der Waals surface area contributed by atoms with Crippen LogP contribution in [0.2, 0.25) is 0 Å². The molecular formula is C22H24BrN3O2. The summed E-state index contributed by atoms with van der Waals surface area (Å²) >= 11 is 3.42. The van der Waals surface area contributed by atoms with Crippen molar-refractivity contribution in [2.45, 2.75) is 45.6 Å². The minimum atomic E-state index is -0.0397. The summed E-state index contributed by atoms with van der Waals surface area (Å²) in [7, 11) is 0. The molecule has 0 aliphatic heterocycles. The maximum absolute atomic E-state index is 12.1. The van der Waals surface area contributed by atoms with Crippen molar-refractivity contribution in [2.75, 3.05) is 0 Å². The number of aryl methyl sites for hydroxylation is 1. The molecule has 3 aromatic rings. The molecule has 6 heteroatoms. The Morgan fingerprint density at radius 1 is 1.14 bits per heavy atom. The van der Waals surface area contributed by atoms with Gasteiger partial charge in [-0.1, -0.05) is 78.3 Å². The number of nitrogens with one attached hydrogen (secondary N) is 1. The first kappa shape index (κ1) is 20.3. The number of hydrogen-bond donors (Lipinski definition) is 1. The van der Waals surface area contributed by atoms with E-state index in [0.717, 1.165) is 15.6 Å². The SMILES string of the molecule is CC(C)(C)c1ccc(CCC(=O)NCc2nc(-c3cccc(Br)c3)no2)cc1. The van der Waals surface area contributed by atoms with Gasteiger partial charge in [0.15, 0.2) is 0 Å². The Bertz CT molecular complexity index is 943. The van der Waals surface area contributed by atoms with E-state index in [2.05, 4.69) is 76.4 Å². The van der Waals surface area contributed by atoms with Gasteiger partial charge in [0.25, 0.3) is 0 Å². The second-order valence-electron chi connectivity index (χ2n) is 7.75. The summed E-state index contributed by atoms with van der Waals surface area (Å²) in [6.45, 7) is 6.79. The smallest absolute Gasteiger partial charge is 0.246 e. The van der Waals surface area contributed by atoms with Gasteiger partial charge < -0.3 is 9.84 Å². The lowest BCUT2D eigenvalue weighted by molar-refractivity contribution is -0.121. The zero-order valence-corrected chi connectivity index (χ0v) is 17.9. The summed E-state index contributed by atoms with van der Waals surface area (Å²) in [5.74, 6) is 0.851. The standard InChI is InChI=1S/C22H24BrN3O2/c1-22(2,3)17-10-7-15(8-11-17)9-12-19(27)24-14-20-25-21(26-28-20)16-5-4-6-18(23)13-16/h4-8,10-11,13H,9,12,14H2,1-3H3,(H,24,27). The van der Waals surface area contributed by atoms with E-state index >= 15 is 0 Å². The number of carbonyl (C=O) groups excluding carboxylic acids is 1. The third-order valence-corrected chi connectivity index (χ3v) is 4.94. The van der Waals surface area contributed by atoms with Crippen LogP contribution in [-0.4, -0.2) is 16.0 Å². The van der Waals surface area contributed by atoms with Crippen molar-refractivity contribution >= 4 is 21.8 Å². The van der Waals surface area contributed by atoms with Crippen LogP contribution in [0.1, 0.15) is 44.2 Å². The maximum atomic E-state index is 12.1. The highest BCUT2D eigenvalue weighted by Crippen LogP contribution is 2.22. The van der Waals surface area contributed by atoms with Crippen LogP contribution in [0.25, 0.3) is 11.4 Å². The topological polar surface area (TPSA) is 68.0 Å². The Hall–Kier alpha value is -2.47. The Morgan fingerprint density at radius 3 is 2.57 bits per heavy atom. The first-order valence-electron chi connectivity index (χ1n) is 9.26. The molecule has 0 saturated carbocycles. The highest BCUT2D eigenvalue weighted by Gasteiger charge is 2.13. The van der Waals surface area contributed by atoms with Gasteiger partial charge in [-0.3, -0.25) is 4.79 Å². The minimum absolute atomic E-state index is 0.0397. The molecule has 1 heterocycles.